The summed E-state index contributed by atoms with van der Waals surface area (Å²) in [6.45, 7) is 2.22. The number of ether oxygens (including phenoxy) is 2. The third-order valence-corrected chi connectivity index (χ3v) is 5.67. The average molecular weight is 347 g/mol. The monoisotopic (exact) mass is 347 g/mol. The molecule has 0 unspecified atom stereocenters. The van der Waals surface area contributed by atoms with E-state index in [1.165, 1.54) is 38.4 Å². The van der Waals surface area contributed by atoms with E-state index in [0.717, 1.165) is 17.8 Å². The summed E-state index contributed by atoms with van der Waals surface area (Å²) in [6.07, 6.45) is 4.68. The van der Waals surface area contributed by atoms with Gasteiger partial charge in [0.15, 0.2) is 0 Å². The fourth-order valence-corrected chi connectivity index (χ4v) is 4.06. The Balaban J connectivity index is 1.82. The highest BCUT2D eigenvalue weighted by molar-refractivity contribution is 7.15. The van der Waals surface area contributed by atoms with Crippen LogP contribution in [0.3, 0.4) is 0 Å². The summed E-state index contributed by atoms with van der Waals surface area (Å²) in [7, 11) is 3.05. The second-order valence-electron chi connectivity index (χ2n) is 6.17. The van der Waals surface area contributed by atoms with Crippen molar-refractivity contribution in [2.24, 2.45) is 0 Å². The summed E-state index contributed by atoms with van der Waals surface area (Å²) in [6, 6.07) is 5.23. The summed E-state index contributed by atoms with van der Waals surface area (Å²) in [4.78, 5) is 12.7. The zero-order valence-electron chi connectivity index (χ0n) is 14.1. The van der Waals surface area contributed by atoms with Crippen LogP contribution in [0, 0.1) is 0 Å². The summed E-state index contributed by atoms with van der Waals surface area (Å²) < 4.78 is 10.6. The van der Waals surface area contributed by atoms with Crippen molar-refractivity contribution < 1.29 is 14.3 Å². The van der Waals surface area contributed by atoms with E-state index in [1.54, 1.807) is 18.2 Å². The first-order valence-corrected chi connectivity index (χ1v) is 8.75. The van der Waals surface area contributed by atoms with Gasteiger partial charge in [-0.15, -0.1) is 10.2 Å². The van der Waals surface area contributed by atoms with Crippen molar-refractivity contribution in [3.8, 4) is 11.5 Å². The van der Waals surface area contributed by atoms with E-state index in [-0.39, 0.29) is 11.3 Å². The molecule has 1 heterocycles. The Morgan fingerprint density at radius 2 is 1.79 bits per heavy atom. The third kappa shape index (κ3) is 3.08. The fourth-order valence-electron chi connectivity index (χ4n) is 3.12. The Hall–Kier alpha value is -2.15. The van der Waals surface area contributed by atoms with Crippen LogP contribution in [0.5, 0.6) is 11.5 Å². The minimum Gasteiger partial charge on any atom is -0.496 e. The van der Waals surface area contributed by atoms with Crippen LogP contribution in [0.2, 0.25) is 0 Å². The molecule has 1 N–H and O–H groups in total. The van der Waals surface area contributed by atoms with Gasteiger partial charge in [-0.05, 0) is 25.0 Å². The molecule has 0 radical (unpaired) electrons. The van der Waals surface area contributed by atoms with Gasteiger partial charge in [-0.1, -0.05) is 37.2 Å². The smallest absolute Gasteiger partial charge is 0.265 e. The molecule has 1 aromatic carbocycles. The number of aromatic nitrogens is 2. The molecule has 0 bridgehead atoms. The lowest BCUT2D eigenvalue weighted by atomic mass is 9.90. The van der Waals surface area contributed by atoms with Crippen LogP contribution in [-0.4, -0.2) is 30.3 Å². The van der Waals surface area contributed by atoms with Gasteiger partial charge in [0.2, 0.25) is 5.13 Å². The molecular weight excluding hydrogens is 326 g/mol. The SMILES string of the molecule is COc1cccc(OC)c1C(=O)Nc1nnc(C2(C)CCCC2)s1. The number of nitrogens with zero attached hydrogens (tertiary/aromatic N) is 2. The maximum absolute atomic E-state index is 12.7. The molecule has 1 saturated carbocycles. The van der Waals surface area contributed by atoms with Gasteiger partial charge in [0.25, 0.3) is 5.91 Å². The highest BCUT2D eigenvalue weighted by Gasteiger charge is 2.34. The Morgan fingerprint density at radius 1 is 1.17 bits per heavy atom. The highest BCUT2D eigenvalue weighted by Crippen LogP contribution is 2.42. The molecule has 24 heavy (non-hydrogen) atoms. The van der Waals surface area contributed by atoms with Gasteiger partial charge in [0, 0.05) is 5.41 Å². The van der Waals surface area contributed by atoms with Crippen molar-refractivity contribution in [1.29, 1.82) is 0 Å². The molecule has 0 aliphatic heterocycles. The van der Waals surface area contributed by atoms with E-state index >= 15 is 0 Å². The van der Waals surface area contributed by atoms with Crippen molar-refractivity contribution >= 4 is 22.4 Å². The minimum absolute atomic E-state index is 0.0861. The first-order valence-electron chi connectivity index (χ1n) is 7.94. The first kappa shape index (κ1) is 16.7. The van der Waals surface area contributed by atoms with Gasteiger partial charge in [0.1, 0.15) is 22.1 Å². The molecule has 3 rings (SSSR count). The number of benzene rings is 1. The number of anilines is 1. The molecule has 6 nitrogen and oxygen atoms in total. The van der Waals surface area contributed by atoms with Gasteiger partial charge in [-0.3, -0.25) is 10.1 Å². The number of hydrogen-bond donors (Lipinski definition) is 1. The number of nitrogens with one attached hydrogen (secondary N) is 1. The predicted molar refractivity (Wildman–Crippen MR) is 93.2 cm³/mol. The molecule has 1 aliphatic carbocycles. The lowest BCUT2D eigenvalue weighted by Crippen LogP contribution is -2.16. The van der Waals surface area contributed by atoms with Gasteiger partial charge in [0.05, 0.1) is 14.2 Å². The Labute approximate surface area is 145 Å². The van der Waals surface area contributed by atoms with E-state index in [0.29, 0.717) is 22.2 Å². The Bertz CT molecular complexity index is 716. The van der Waals surface area contributed by atoms with Gasteiger partial charge < -0.3 is 9.47 Å². The molecule has 1 fully saturated rings. The topological polar surface area (TPSA) is 73.3 Å². The van der Waals surface area contributed by atoms with Gasteiger partial charge in [-0.2, -0.15) is 0 Å². The third-order valence-electron chi connectivity index (χ3n) is 4.52. The van der Waals surface area contributed by atoms with Gasteiger partial charge >= 0.3 is 0 Å². The van der Waals surface area contributed by atoms with E-state index in [9.17, 15) is 4.79 Å². The first-order chi connectivity index (χ1) is 11.6. The Kier molecular flexibility index (Phi) is 4.71. The quantitative estimate of drug-likeness (QED) is 0.894. The van der Waals surface area contributed by atoms with E-state index < -0.39 is 0 Å². The standard InChI is InChI=1S/C17H21N3O3S/c1-17(9-4-5-10-17)15-19-20-16(24-15)18-14(21)13-11(22-2)7-6-8-12(13)23-3/h6-8H,4-5,9-10H2,1-3H3,(H,18,20,21). The van der Waals surface area contributed by atoms with Crippen LogP contribution in [0.1, 0.15) is 48.0 Å². The number of hydrogen-bond acceptors (Lipinski definition) is 6. The van der Waals surface area contributed by atoms with Crippen molar-refractivity contribution in [2.75, 3.05) is 19.5 Å². The van der Waals surface area contributed by atoms with Crippen LogP contribution in [-0.2, 0) is 5.41 Å². The second kappa shape index (κ2) is 6.76. The zero-order valence-corrected chi connectivity index (χ0v) is 14.9. The van der Waals surface area contributed by atoms with Crippen molar-refractivity contribution in [2.45, 2.75) is 38.0 Å². The van der Waals surface area contributed by atoms with Gasteiger partial charge in [-0.25, -0.2) is 0 Å². The lowest BCUT2D eigenvalue weighted by molar-refractivity contribution is 0.102. The van der Waals surface area contributed by atoms with Crippen molar-refractivity contribution in [1.82, 2.24) is 10.2 Å². The minimum atomic E-state index is -0.316. The summed E-state index contributed by atoms with van der Waals surface area (Å²) in [5.41, 5.74) is 0.439. The summed E-state index contributed by atoms with van der Waals surface area (Å²) in [5.74, 6) is 0.599. The van der Waals surface area contributed by atoms with E-state index in [1.807, 2.05) is 0 Å². The number of carbonyl (C=O) groups excluding carboxylic acids is 1. The van der Waals surface area contributed by atoms with Crippen molar-refractivity contribution in [3.05, 3.63) is 28.8 Å². The second-order valence-corrected chi connectivity index (χ2v) is 7.15. The zero-order chi connectivity index (χ0) is 17.2. The fraction of sp³-hybridized carbons (Fsp3) is 0.471. The molecule has 2 aromatic rings. The summed E-state index contributed by atoms with van der Waals surface area (Å²) >= 11 is 1.44. The Morgan fingerprint density at radius 3 is 2.38 bits per heavy atom. The molecule has 1 aromatic heterocycles. The molecule has 0 atom stereocenters. The summed E-state index contributed by atoms with van der Waals surface area (Å²) in [5, 5.41) is 12.7. The molecule has 7 heteroatoms. The average Bonchev–Trinajstić information content (AvgIpc) is 3.24. The lowest BCUT2D eigenvalue weighted by Gasteiger charge is -2.18. The molecule has 128 valence electrons. The van der Waals surface area contributed by atoms with Crippen LogP contribution >= 0.6 is 11.3 Å². The van der Waals surface area contributed by atoms with E-state index in [4.69, 9.17) is 9.47 Å². The van der Waals surface area contributed by atoms with Crippen LogP contribution < -0.4 is 14.8 Å². The number of amides is 1. The van der Waals surface area contributed by atoms with Crippen molar-refractivity contribution in [3.63, 3.8) is 0 Å². The maximum atomic E-state index is 12.7. The van der Waals surface area contributed by atoms with Crippen LogP contribution in [0.4, 0.5) is 5.13 Å². The van der Waals surface area contributed by atoms with Crippen LogP contribution in [0.25, 0.3) is 0 Å². The van der Waals surface area contributed by atoms with Crippen LogP contribution in [0.15, 0.2) is 18.2 Å². The number of methoxy groups -OCH3 is 2. The molecule has 0 saturated heterocycles. The molecule has 0 spiro atoms. The maximum Gasteiger partial charge on any atom is 0.265 e. The normalized spacial score (nSPS) is 16.0. The molecular formula is C17H21N3O3S. The predicted octanol–water partition coefficient (Wildman–Crippen LogP) is 3.64. The highest BCUT2D eigenvalue weighted by atomic mass is 32.1. The number of carbonyl (C=O) groups is 1. The molecule has 1 aliphatic rings. The number of rotatable bonds is 5. The largest absolute Gasteiger partial charge is 0.496 e. The molecule has 1 amide bonds. The van der Waals surface area contributed by atoms with E-state index in [2.05, 4.69) is 22.4 Å².